The zero-order valence-corrected chi connectivity index (χ0v) is 12.6. The van der Waals surface area contributed by atoms with Gasteiger partial charge in [-0.25, -0.2) is 0 Å². The van der Waals surface area contributed by atoms with E-state index >= 15 is 0 Å². The highest BCUT2D eigenvalue weighted by Crippen LogP contribution is 2.29. The average molecular weight is 290 g/mol. The fraction of sp³-hybridized carbons (Fsp3) is 0.500. The number of nitrogens with zero attached hydrogens (tertiary/aromatic N) is 2. The Balaban J connectivity index is 2.23. The molecule has 0 aromatic heterocycles. The molecule has 1 aromatic rings. The van der Waals surface area contributed by atoms with Gasteiger partial charge in [-0.1, -0.05) is 6.92 Å². The average Bonchev–Trinajstić information content (AvgIpc) is 2.94. The van der Waals surface area contributed by atoms with Gasteiger partial charge in [0.15, 0.2) is 0 Å². The molecule has 1 aliphatic heterocycles. The van der Waals surface area contributed by atoms with Crippen LogP contribution >= 0.6 is 0 Å². The molecule has 0 atom stereocenters. The molecule has 1 aromatic carbocycles. The van der Waals surface area contributed by atoms with Crippen molar-refractivity contribution in [3.8, 4) is 0 Å². The van der Waals surface area contributed by atoms with Gasteiger partial charge in [0.2, 0.25) is 5.91 Å². The summed E-state index contributed by atoms with van der Waals surface area (Å²) in [5.74, 6) is 0.0397. The molecule has 2 amide bonds. The van der Waals surface area contributed by atoms with E-state index in [-0.39, 0.29) is 18.4 Å². The van der Waals surface area contributed by atoms with E-state index in [0.29, 0.717) is 31.6 Å². The predicted octanol–water partition coefficient (Wildman–Crippen LogP) is 1.44. The van der Waals surface area contributed by atoms with Gasteiger partial charge in [-0.15, -0.1) is 0 Å². The summed E-state index contributed by atoms with van der Waals surface area (Å²) in [5.41, 5.74) is 2.58. The summed E-state index contributed by atoms with van der Waals surface area (Å²) in [6, 6.07) is 5.50. The number of aliphatic hydroxyl groups is 1. The van der Waals surface area contributed by atoms with E-state index in [1.54, 1.807) is 15.9 Å². The zero-order valence-electron chi connectivity index (χ0n) is 12.6. The first-order valence-corrected chi connectivity index (χ1v) is 7.45. The van der Waals surface area contributed by atoms with Crippen molar-refractivity contribution in [2.75, 3.05) is 31.1 Å². The molecule has 114 valence electrons. The fourth-order valence-corrected chi connectivity index (χ4v) is 2.69. The van der Waals surface area contributed by atoms with Crippen molar-refractivity contribution in [3.05, 3.63) is 29.3 Å². The van der Waals surface area contributed by atoms with E-state index in [0.717, 1.165) is 17.7 Å². The summed E-state index contributed by atoms with van der Waals surface area (Å²) in [6.07, 6.45) is 1.27. The molecule has 1 N–H and O–H groups in total. The Hall–Kier alpha value is -1.88. The highest BCUT2D eigenvalue weighted by atomic mass is 16.3. The van der Waals surface area contributed by atoms with Crippen LogP contribution in [0.15, 0.2) is 18.2 Å². The van der Waals surface area contributed by atoms with Crippen molar-refractivity contribution in [2.45, 2.75) is 26.7 Å². The number of aliphatic hydroxyl groups excluding tert-OH is 1. The second-order valence-corrected chi connectivity index (χ2v) is 5.10. The van der Waals surface area contributed by atoms with Crippen LogP contribution in [0.4, 0.5) is 5.69 Å². The zero-order chi connectivity index (χ0) is 15.4. The molecule has 2 rings (SSSR count). The van der Waals surface area contributed by atoms with E-state index < -0.39 is 0 Å². The van der Waals surface area contributed by atoms with Crippen LogP contribution in [0, 0.1) is 0 Å². The number of fused-ring (bicyclic) bond motifs is 1. The summed E-state index contributed by atoms with van der Waals surface area (Å²) in [6.45, 7) is 5.30. The van der Waals surface area contributed by atoms with Crippen LogP contribution in [-0.4, -0.2) is 48.1 Å². The number of hydrogen-bond acceptors (Lipinski definition) is 3. The van der Waals surface area contributed by atoms with Gasteiger partial charge in [-0.05, 0) is 37.1 Å². The molecule has 0 saturated heterocycles. The number of likely N-dealkylation sites (N-methyl/N-ethyl adjacent to an activating group) is 1. The molecule has 0 aliphatic carbocycles. The quantitative estimate of drug-likeness (QED) is 0.892. The van der Waals surface area contributed by atoms with Crippen LogP contribution in [0.5, 0.6) is 0 Å². The second kappa shape index (κ2) is 6.72. The first-order chi connectivity index (χ1) is 10.1. The molecule has 5 nitrogen and oxygen atoms in total. The fourth-order valence-electron chi connectivity index (χ4n) is 2.69. The van der Waals surface area contributed by atoms with Crippen LogP contribution < -0.4 is 4.90 Å². The van der Waals surface area contributed by atoms with Crippen molar-refractivity contribution in [1.29, 1.82) is 0 Å². The van der Waals surface area contributed by atoms with Gasteiger partial charge in [0, 0.05) is 37.3 Å². The molecule has 0 fully saturated rings. The number of benzene rings is 1. The van der Waals surface area contributed by atoms with Crippen molar-refractivity contribution in [3.63, 3.8) is 0 Å². The lowest BCUT2D eigenvalue weighted by Gasteiger charge is -2.20. The number of amides is 2. The summed E-state index contributed by atoms with van der Waals surface area (Å²) >= 11 is 0. The number of hydrogen-bond donors (Lipinski definition) is 1. The Morgan fingerprint density at radius 2 is 2.10 bits per heavy atom. The first kappa shape index (κ1) is 15.5. The molecule has 0 unspecified atom stereocenters. The van der Waals surface area contributed by atoms with Crippen LogP contribution in [-0.2, 0) is 11.2 Å². The normalized spacial score (nSPS) is 13.2. The Morgan fingerprint density at radius 1 is 1.33 bits per heavy atom. The van der Waals surface area contributed by atoms with E-state index in [1.165, 1.54) is 0 Å². The minimum Gasteiger partial charge on any atom is -0.395 e. The smallest absolute Gasteiger partial charge is 0.253 e. The minimum absolute atomic E-state index is 0.0384. The Labute approximate surface area is 125 Å². The highest BCUT2D eigenvalue weighted by molar-refractivity contribution is 5.98. The van der Waals surface area contributed by atoms with Crippen molar-refractivity contribution < 1.29 is 14.7 Å². The molecule has 1 aliphatic rings. The number of rotatable bonds is 5. The number of carbonyl (C=O) groups is 2. The van der Waals surface area contributed by atoms with E-state index in [9.17, 15) is 9.59 Å². The number of anilines is 1. The summed E-state index contributed by atoms with van der Waals surface area (Å²) in [5, 5.41) is 9.00. The van der Waals surface area contributed by atoms with Crippen molar-refractivity contribution in [2.24, 2.45) is 0 Å². The van der Waals surface area contributed by atoms with Crippen LogP contribution in [0.3, 0.4) is 0 Å². The Morgan fingerprint density at radius 3 is 2.71 bits per heavy atom. The van der Waals surface area contributed by atoms with Crippen LogP contribution in [0.2, 0.25) is 0 Å². The Kier molecular flexibility index (Phi) is 4.96. The SMILES string of the molecule is CCC(=O)N1CCc2cc(C(=O)N(CC)CCO)ccc21. The molecule has 0 bridgehead atoms. The van der Waals surface area contributed by atoms with Crippen LogP contribution in [0.1, 0.15) is 36.2 Å². The Bertz CT molecular complexity index is 542. The third kappa shape index (κ3) is 3.08. The molecular formula is C16H22N2O3. The first-order valence-electron chi connectivity index (χ1n) is 7.45. The molecule has 21 heavy (non-hydrogen) atoms. The maximum Gasteiger partial charge on any atom is 0.253 e. The monoisotopic (exact) mass is 290 g/mol. The van der Waals surface area contributed by atoms with Crippen LogP contribution in [0.25, 0.3) is 0 Å². The van der Waals surface area contributed by atoms with Gasteiger partial charge in [0.1, 0.15) is 0 Å². The molecule has 0 saturated carbocycles. The topological polar surface area (TPSA) is 60.9 Å². The number of carbonyl (C=O) groups excluding carboxylic acids is 2. The largest absolute Gasteiger partial charge is 0.395 e. The molecule has 1 heterocycles. The van der Waals surface area contributed by atoms with Gasteiger partial charge >= 0.3 is 0 Å². The molecule has 5 heteroatoms. The lowest BCUT2D eigenvalue weighted by molar-refractivity contribution is -0.118. The predicted molar refractivity (Wildman–Crippen MR) is 81.5 cm³/mol. The third-order valence-corrected chi connectivity index (χ3v) is 3.86. The van der Waals surface area contributed by atoms with Gasteiger partial charge in [0.25, 0.3) is 5.91 Å². The second-order valence-electron chi connectivity index (χ2n) is 5.10. The summed E-state index contributed by atoms with van der Waals surface area (Å²) in [4.78, 5) is 27.6. The van der Waals surface area contributed by atoms with E-state index in [1.807, 2.05) is 26.0 Å². The minimum atomic E-state index is -0.0744. The summed E-state index contributed by atoms with van der Waals surface area (Å²) < 4.78 is 0. The lowest BCUT2D eigenvalue weighted by atomic mass is 10.1. The van der Waals surface area contributed by atoms with E-state index in [4.69, 9.17) is 5.11 Å². The van der Waals surface area contributed by atoms with Gasteiger partial charge in [-0.3, -0.25) is 9.59 Å². The van der Waals surface area contributed by atoms with Gasteiger partial charge < -0.3 is 14.9 Å². The standard InChI is InChI=1S/C16H22N2O3/c1-3-15(20)18-8-7-12-11-13(5-6-14(12)18)16(21)17(4-2)9-10-19/h5-6,11,19H,3-4,7-10H2,1-2H3. The van der Waals surface area contributed by atoms with Gasteiger partial charge in [-0.2, -0.15) is 0 Å². The van der Waals surface area contributed by atoms with Crippen molar-refractivity contribution in [1.82, 2.24) is 4.90 Å². The summed E-state index contributed by atoms with van der Waals surface area (Å²) in [7, 11) is 0. The maximum absolute atomic E-state index is 12.4. The highest BCUT2D eigenvalue weighted by Gasteiger charge is 2.25. The molecule has 0 spiro atoms. The maximum atomic E-state index is 12.4. The molecular weight excluding hydrogens is 268 g/mol. The lowest BCUT2D eigenvalue weighted by Crippen LogP contribution is -2.33. The van der Waals surface area contributed by atoms with Crippen molar-refractivity contribution >= 4 is 17.5 Å². The van der Waals surface area contributed by atoms with E-state index in [2.05, 4.69) is 0 Å². The third-order valence-electron chi connectivity index (χ3n) is 3.86. The molecule has 0 radical (unpaired) electrons. The van der Waals surface area contributed by atoms with Gasteiger partial charge in [0.05, 0.1) is 6.61 Å².